The van der Waals surface area contributed by atoms with Crippen LogP contribution in [0.15, 0.2) is 18.2 Å². The van der Waals surface area contributed by atoms with Crippen LogP contribution in [0.2, 0.25) is 5.02 Å². The molecule has 3 rings (SSSR count). The molecule has 110 valence electrons. The third-order valence-electron chi connectivity index (χ3n) is 4.65. The molecule has 20 heavy (non-hydrogen) atoms. The second-order valence-corrected chi connectivity index (χ2v) is 6.59. The van der Waals surface area contributed by atoms with Gasteiger partial charge in [0.1, 0.15) is 5.82 Å². The summed E-state index contributed by atoms with van der Waals surface area (Å²) < 4.78 is 14.1. The van der Waals surface area contributed by atoms with Gasteiger partial charge in [-0.05, 0) is 56.0 Å². The van der Waals surface area contributed by atoms with Crippen LogP contribution in [0.1, 0.15) is 37.3 Å². The summed E-state index contributed by atoms with van der Waals surface area (Å²) in [6.07, 6.45) is 5.45. The summed E-state index contributed by atoms with van der Waals surface area (Å²) in [6.45, 7) is 1.34. The zero-order chi connectivity index (χ0) is 14.1. The van der Waals surface area contributed by atoms with Crippen LogP contribution in [0.3, 0.4) is 0 Å². The van der Waals surface area contributed by atoms with E-state index in [-0.39, 0.29) is 16.9 Å². The van der Waals surface area contributed by atoms with Gasteiger partial charge in [0, 0.05) is 18.2 Å². The number of halogens is 2. The Morgan fingerprint density at radius 2 is 1.90 bits per heavy atom. The second-order valence-electron chi connectivity index (χ2n) is 6.18. The van der Waals surface area contributed by atoms with Crippen molar-refractivity contribution in [2.75, 3.05) is 13.1 Å². The maximum atomic E-state index is 14.1. The molecule has 0 spiro atoms. The average molecular weight is 297 g/mol. The lowest BCUT2D eigenvalue weighted by molar-refractivity contribution is 0.354. The Balaban J connectivity index is 1.65. The van der Waals surface area contributed by atoms with Crippen LogP contribution < -0.4 is 11.1 Å². The van der Waals surface area contributed by atoms with Crippen molar-refractivity contribution in [2.45, 2.75) is 31.7 Å². The van der Waals surface area contributed by atoms with Crippen LogP contribution in [0.5, 0.6) is 0 Å². The highest BCUT2D eigenvalue weighted by Crippen LogP contribution is 2.49. The summed E-state index contributed by atoms with van der Waals surface area (Å²) in [7, 11) is 0. The minimum Gasteiger partial charge on any atom is -0.329 e. The molecule has 2 aliphatic carbocycles. The third kappa shape index (κ3) is 3.16. The Bertz CT molecular complexity index is 460. The minimum absolute atomic E-state index is 0.145. The van der Waals surface area contributed by atoms with Crippen LogP contribution in [0, 0.1) is 23.6 Å². The predicted octanol–water partition coefficient (Wildman–Crippen LogP) is 3.50. The Morgan fingerprint density at radius 1 is 1.25 bits per heavy atom. The monoisotopic (exact) mass is 296 g/mol. The standard InChI is InChI=1S/C16H22ClFN2/c17-14-3-1-2-12(16(14)18)15(8-19)20-9-13(10-4-5-10)11-6-7-11/h1-3,10-11,13,15,20H,4-9,19H2. The van der Waals surface area contributed by atoms with Crippen molar-refractivity contribution in [3.63, 3.8) is 0 Å². The molecular weight excluding hydrogens is 275 g/mol. The van der Waals surface area contributed by atoms with Crippen molar-refractivity contribution in [3.05, 3.63) is 34.6 Å². The highest BCUT2D eigenvalue weighted by atomic mass is 35.5. The van der Waals surface area contributed by atoms with E-state index in [2.05, 4.69) is 5.32 Å². The lowest BCUT2D eigenvalue weighted by atomic mass is 9.96. The molecule has 0 radical (unpaired) electrons. The molecule has 0 amide bonds. The molecule has 4 heteroatoms. The molecule has 1 aromatic rings. The molecule has 2 fully saturated rings. The minimum atomic E-state index is -0.341. The zero-order valence-corrected chi connectivity index (χ0v) is 12.4. The largest absolute Gasteiger partial charge is 0.329 e. The van der Waals surface area contributed by atoms with Gasteiger partial charge in [0.15, 0.2) is 0 Å². The van der Waals surface area contributed by atoms with Crippen LogP contribution >= 0.6 is 11.6 Å². The lowest BCUT2D eigenvalue weighted by Crippen LogP contribution is -2.34. The first-order valence-electron chi connectivity index (χ1n) is 7.58. The summed E-state index contributed by atoms with van der Waals surface area (Å²) in [6, 6.07) is 4.98. The number of nitrogens with one attached hydrogen (secondary N) is 1. The van der Waals surface area contributed by atoms with Gasteiger partial charge in [-0.2, -0.15) is 0 Å². The number of hydrogen-bond donors (Lipinski definition) is 2. The molecule has 1 aromatic carbocycles. The first kappa shape index (κ1) is 14.3. The lowest BCUT2D eigenvalue weighted by Gasteiger charge is -2.23. The zero-order valence-electron chi connectivity index (χ0n) is 11.6. The maximum Gasteiger partial charge on any atom is 0.146 e. The smallest absolute Gasteiger partial charge is 0.146 e. The average Bonchev–Trinajstić information content (AvgIpc) is 3.31. The van der Waals surface area contributed by atoms with Crippen LogP contribution in [-0.2, 0) is 0 Å². The van der Waals surface area contributed by atoms with E-state index in [0.29, 0.717) is 12.1 Å². The highest BCUT2D eigenvalue weighted by Gasteiger charge is 2.41. The number of hydrogen-bond acceptors (Lipinski definition) is 2. The topological polar surface area (TPSA) is 38.0 Å². The van der Waals surface area contributed by atoms with Crippen molar-refractivity contribution in [2.24, 2.45) is 23.5 Å². The van der Waals surface area contributed by atoms with E-state index in [1.165, 1.54) is 25.7 Å². The van der Waals surface area contributed by atoms with Crippen molar-refractivity contribution < 1.29 is 4.39 Å². The van der Waals surface area contributed by atoms with Crippen LogP contribution in [0.25, 0.3) is 0 Å². The van der Waals surface area contributed by atoms with Gasteiger partial charge in [-0.15, -0.1) is 0 Å². The highest BCUT2D eigenvalue weighted by molar-refractivity contribution is 6.30. The molecule has 1 atom stereocenters. The van der Waals surface area contributed by atoms with E-state index in [1.807, 2.05) is 0 Å². The van der Waals surface area contributed by atoms with Crippen molar-refractivity contribution in [3.8, 4) is 0 Å². The molecule has 0 bridgehead atoms. The molecule has 2 nitrogen and oxygen atoms in total. The van der Waals surface area contributed by atoms with Crippen molar-refractivity contribution in [1.29, 1.82) is 0 Å². The van der Waals surface area contributed by atoms with E-state index in [0.717, 1.165) is 24.3 Å². The fourth-order valence-electron chi connectivity index (χ4n) is 3.16. The SMILES string of the molecule is NCC(NCC(C1CC1)C1CC1)c1cccc(Cl)c1F. The molecule has 0 saturated heterocycles. The van der Waals surface area contributed by atoms with E-state index >= 15 is 0 Å². The van der Waals surface area contributed by atoms with Gasteiger partial charge < -0.3 is 11.1 Å². The van der Waals surface area contributed by atoms with Crippen molar-refractivity contribution in [1.82, 2.24) is 5.32 Å². The molecule has 2 aliphatic rings. The summed E-state index contributed by atoms with van der Waals surface area (Å²) in [5.74, 6) is 2.19. The van der Waals surface area contributed by atoms with Gasteiger partial charge in [0.05, 0.1) is 5.02 Å². The molecule has 0 aromatic heterocycles. The fourth-order valence-corrected chi connectivity index (χ4v) is 3.34. The quantitative estimate of drug-likeness (QED) is 0.808. The summed E-state index contributed by atoms with van der Waals surface area (Å²) in [5, 5.41) is 3.64. The summed E-state index contributed by atoms with van der Waals surface area (Å²) in [4.78, 5) is 0. The van der Waals surface area contributed by atoms with Crippen LogP contribution in [-0.4, -0.2) is 13.1 Å². The van der Waals surface area contributed by atoms with Gasteiger partial charge in [0.25, 0.3) is 0 Å². The molecule has 1 unspecified atom stereocenters. The summed E-state index contributed by atoms with van der Waals surface area (Å²) in [5.41, 5.74) is 6.41. The molecular formula is C16H22ClFN2. The van der Waals surface area contributed by atoms with E-state index in [9.17, 15) is 4.39 Å². The van der Waals surface area contributed by atoms with Gasteiger partial charge >= 0.3 is 0 Å². The van der Waals surface area contributed by atoms with Crippen LogP contribution in [0.4, 0.5) is 4.39 Å². The third-order valence-corrected chi connectivity index (χ3v) is 4.94. The van der Waals surface area contributed by atoms with Crippen molar-refractivity contribution >= 4 is 11.6 Å². The molecule has 0 aliphatic heterocycles. The maximum absolute atomic E-state index is 14.1. The first-order chi connectivity index (χ1) is 9.70. The number of rotatable bonds is 7. The molecule has 3 N–H and O–H groups in total. The number of benzene rings is 1. The Morgan fingerprint density at radius 3 is 2.45 bits per heavy atom. The Hall–Kier alpha value is -0.640. The first-order valence-corrected chi connectivity index (χ1v) is 7.96. The van der Waals surface area contributed by atoms with E-state index in [1.54, 1.807) is 18.2 Å². The fraction of sp³-hybridized carbons (Fsp3) is 0.625. The van der Waals surface area contributed by atoms with Gasteiger partial charge in [-0.3, -0.25) is 0 Å². The normalized spacial score (nSPS) is 20.4. The Kier molecular flexibility index (Phi) is 4.29. The Labute approximate surface area is 124 Å². The van der Waals surface area contributed by atoms with Gasteiger partial charge in [-0.25, -0.2) is 4.39 Å². The summed E-state index contributed by atoms with van der Waals surface area (Å²) >= 11 is 5.85. The predicted molar refractivity (Wildman–Crippen MR) is 80.1 cm³/mol. The second kappa shape index (κ2) is 6.00. The van der Waals surface area contributed by atoms with E-state index < -0.39 is 0 Å². The van der Waals surface area contributed by atoms with Gasteiger partial charge in [0.2, 0.25) is 0 Å². The molecule has 2 saturated carbocycles. The van der Waals surface area contributed by atoms with E-state index in [4.69, 9.17) is 17.3 Å². The van der Waals surface area contributed by atoms with Gasteiger partial charge in [-0.1, -0.05) is 23.7 Å². The number of nitrogens with two attached hydrogens (primary N) is 1. The molecule has 0 heterocycles.